The lowest BCUT2D eigenvalue weighted by Crippen LogP contribution is -2.08. The first kappa shape index (κ1) is 84.2. The van der Waals surface area contributed by atoms with Gasteiger partial charge in [0.05, 0.1) is 68.1 Å². The molecule has 55 heteroatoms. The summed E-state index contributed by atoms with van der Waals surface area (Å²) in [6, 6.07) is 11.3. The molecule has 0 aromatic heterocycles. The zero-order valence-corrected chi connectivity index (χ0v) is 62.3. The van der Waals surface area contributed by atoms with Gasteiger partial charge in [-0.1, -0.05) is 0 Å². The predicted octanol–water partition coefficient (Wildman–Crippen LogP) is 10.5. The van der Waals surface area contributed by atoms with Crippen molar-refractivity contribution < 1.29 is 146 Å². The van der Waals surface area contributed by atoms with E-state index in [4.69, 9.17) is 15.2 Å². The highest BCUT2D eigenvalue weighted by Crippen LogP contribution is 2.51. The highest BCUT2D eigenvalue weighted by atomic mass is 32.3. The van der Waals surface area contributed by atoms with E-state index in [-0.39, 0.29) is 58.2 Å². The zero-order valence-electron chi connectivity index (χ0n) is 55.0. The van der Waals surface area contributed by atoms with Crippen LogP contribution in [0.1, 0.15) is 24.0 Å². The van der Waals surface area contributed by atoms with E-state index < -0.39 is 262 Å². The fourth-order valence-electron chi connectivity index (χ4n) is 10.2. The van der Waals surface area contributed by atoms with Gasteiger partial charge < -0.3 is 30.5 Å². The van der Waals surface area contributed by atoms with Crippen LogP contribution in [0, 0.1) is 24.0 Å². The summed E-state index contributed by atoms with van der Waals surface area (Å²) >= 11 is 0. The minimum Gasteiger partial charge on any atom is -0.507 e. The fraction of sp³-hybridized carbons (Fsp3) is 0.143. The van der Waals surface area contributed by atoms with Crippen molar-refractivity contribution >= 4 is 192 Å². The molecule has 0 saturated heterocycles. The number of phenols is 3. The Bertz CT molecular complexity index is 6790. The molecule has 0 fully saturated rings. The van der Waals surface area contributed by atoms with Crippen molar-refractivity contribution in [3.05, 3.63) is 118 Å². The Morgan fingerprint density at radius 3 is 1.28 bits per heavy atom. The van der Waals surface area contributed by atoms with E-state index in [9.17, 15) is 142 Å². The van der Waals surface area contributed by atoms with Crippen LogP contribution in [0.4, 0.5) is 68.2 Å². The van der Waals surface area contributed by atoms with Gasteiger partial charge in [-0.3, -0.25) is 51.1 Å². The van der Waals surface area contributed by atoms with Crippen LogP contribution in [0.5, 0.6) is 28.7 Å². The molecule has 14 N–H and O–H groups in total. The number of nitrogen functional groups attached to an aromatic ring is 1. The largest absolute Gasteiger partial charge is 0.507 e. The number of fused-ring (bicyclic) bond motifs is 3. The minimum absolute atomic E-state index is 0.0575. The van der Waals surface area contributed by atoms with Crippen molar-refractivity contribution in [1.82, 2.24) is 0 Å². The van der Waals surface area contributed by atoms with Crippen LogP contribution in [0.2, 0.25) is 0 Å². The van der Waals surface area contributed by atoms with Crippen molar-refractivity contribution in [2.75, 3.05) is 30.5 Å². The number of rotatable bonds is 28. The number of azo groups is 5. The highest BCUT2D eigenvalue weighted by molar-refractivity contribution is 7.88. The second kappa shape index (κ2) is 30.8. The number of anilines is 1. The number of non-ortho nitro benzene ring substituents is 1. The smallest absolute Gasteiger partial charge is 0.297 e. The summed E-state index contributed by atoms with van der Waals surface area (Å²) < 4.78 is 326. The molecule has 111 heavy (non-hydrogen) atoms. The molecule has 0 radical (unpaired) electrons. The average Bonchev–Trinajstić information content (AvgIpc) is 0.757. The molecule has 46 nitrogen and oxygen atoms in total. The molecule has 0 unspecified atom stereocenters. The first-order chi connectivity index (χ1) is 51.0. The summed E-state index contributed by atoms with van der Waals surface area (Å²) in [5, 5.41) is 79.2. The standard InChI is InChI=1S/C56H48N12O34S9/c1-25-15-38(42(101-11-3-13-103(74,75)76)22-36(25)61-59-34-9-10-44(106(83,84)85)31-18-28(105(80,81)82)19-41(69)49(31)34)63-62-37-23-43(102-12-4-14-104(77,78)79)39(16-26(37)2)64-66-52-47(109(92,93)94)20-30-29(54(52)70)6-8-35(56(30)111(98,99)100)60-65-40-24-45(107(86,87)88)32-21-48(110(95,96)97)53(55(71)50(32)51(40)57)67-58-33-7-5-27(68(72)73)17-46(33)108(89,90)91/h5-10,15-24,69-71H,3-4,11-14,57H2,1-2H3,(H,74,75,76)(H,77,78,79)(H,80,81,82)(H,83,84,85)(H,86,87,88)(H,89,90,91)(H,92,93,94)(H,95,96,97)(H,98,99,100). The van der Waals surface area contributed by atoms with Crippen molar-refractivity contribution in [3.8, 4) is 28.7 Å². The third kappa shape index (κ3) is 19.5. The molecule has 0 heterocycles. The minimum atomic E-state index is -5.84. The van der Waals surface area contributed by atoms with Gasteiger partial charge in [-0.15, -0.1) is 40.9 Å². The second-order valence-corrected chi connectivity index (χ2v) is 35.6. The first-order valence-corrected chi connectivity index (χ1v) is 42.7. The Kier molecular flexibility index (Phi) is 23.3. The maximum absolute atomic E-state index is 13.4. The number of nitro groups is 1. The molecule has 0 aliphatic carbocycles. The van der Waals surface area contributed by atoms with Gasteiger partial charge in [-0.25, -0.2) is 0 Å². The van der Waals surface area contributed by atoms with Crippen LogP contribution in [-0.4, -0.2) is 162 Å². The quantitative estimate of drug-likeness (QED) is 0.00541. The Morgan fingerprint density at radius 1 is 0.378 bits per heavy atom. The van der Waals surface area contributed by atoms with Crippen LogP contribution >= 0.6 is 0 Å². The molecule has 0 aliphatic rings. The molecule has 0 bridgehead atoms. The normalized spacial score (nSPS) is 13.4. The van der Waals surface area contributed by atoms with Crippen molar-refractivity contribution in [2.45, 2.75) is 61.0 Å². The summed E-state index contributed by atoms with van der Waals surface area (Å²) in [6.45, 7) is 1.75. The van der Waals surface area contributed by atoms with Gasteiger partial charge in [0.25, 0.3) is 96.8 Å². The maximum atomic E-state index is 13.4. The maximum Gasteiger partial charge on any atom is 0.297 e. The van der Waals surface area contributed by atoms with Gasteiger partial charge in [0.2, 0.25) is 0 Å². The summed E-state index contributed by atoms with van der Waals surface area (Å²) in [5.74, 6) is -6.30. The van der Waals surface area contributed by atoms with Crippen LogP contribution < -0.4 is 15.2 Å². The summed E-state index contributed by atoms with van der Waals surface area (Å²) in [7, 11) is -47.9. The van der Waals surface area contributed by atoms with Crippen molar-refractivity contribution in [2.24, 2.45) is 51.1 Å². The third-order valence-corrected chi connectivity index (χ3v) is 22.9. The number of phenolic OH excluding ortho intramolecular Hbond substituents is 3. The SMILES string of the molecule is Cc1cc(N=Nc2c(S(=O)(=O)O)cc3c(S(=O)(=O)O)c(N=Nc4cc(S(=O)(=O)O)c5cc(S(=O)(=O)O)c(N=Nc6ccc([N+](=O)[O-])cc6S(=O)(=O)O)c(O)c5c4N)ccc3c2O)c(OCCCS(=O)(=O)O)cc1N=Nc1cc(C)c(N=Nc2ccc(S(=O)(=O)O)c3cc(S(=O)(=O)O)cc(O)c23)cc1OCCCS(=O)(=O)O. The highest BCUT2D eigenvalue weighted by Gasteiger charge is 2.33. The van der Waals surface area contributed by atoms with E-state index in [2.05, 4.69) is 51.1 Å². The van der Waals surface area contributed by atoms with Crippen LogP contribution in [0.15, 0.2) is 182 Å². The van der Waals surface area contributed by atoms with Gasteiger partial charge in [0, 0.05) is 51.9 Å². The lowest BCUT2D eigenvalue weighted by Gasteiger charge is -2.15. The summed E-state index contributed by atoms with van der Waals surface area (Å²) in [4.78, 5) is 1.05. The molecule has 9 aromatic rings. The van der Waals surface area contributed by atoms with Crippen LogP contribution in [0.3, 0.4) is 0 Å². The van der Waals surface area contributed by atoms with E-state index in [0.29, 0.717) is 42.5 Å². The molecule has 9 rings (SSSR count). The Balaban J connectivity index is 1.14. The van der Waals surface area contributed by atoms with Gasteiger partial charge in [0.1, 0.15) is 86.4 Å². The monoisotopic (exact) mass is 1720 g/mol. The van der Waals surface area contributed by atoms with E-state index >= 15 is 0 Å². The zero-order chi connectivity index (χ0) is 82.6. The Morgan fingerprint density at radius 2 is 0.802 bits per heavy atom. The Hall–Kier alpha value is -10.9. The Labute approximate surface area is 623 Å². The topological polar surface area (TPSA) is 761 Å². The lowest BCUT2D eigenvalue weighted by molar-refractivity contribution is -0.385. The number of benzene rings is 9. The molecule has 0 amide bonds. The number of aromatic hydroxyl groups is 3. The molecule has 0 aliphatic heterocycles. The number of nitro benzene ring substituents is 1. The van der Waals surface area contributed by atoms with Crippen LogP contribution in [0.25, 0.3) is 32.3 Å². The molecule has 9 aromatic carbocycles. The molecular formula is C56H48N12O34S9. The average molecular weight is 1720 g/mol. The van der Waals surface area contributed by atoms with Crippen molar-refractivity contribution in [3.63, 3.8) is 0 Å². The number of hydrogen-bond acceptors (Lipinski definition) is 36. The number of hydrogen-bond donors (Lipinski definition) is 13. The second-order valence-electron chi connectivity index (χ2n) is 22.8. The molecule has 590 valence electrons. The number of ether oxygens (including phenoxy) is 2. The summed E-state index contributed by atoms with van der Waals surface area (Å²) in [6.07, 6.45) is -0.786. The van der Waals surface area contributed by atoms with Gasteiger partial charge in [0.15, 0.2) is 11.5 Å². The first-order valence-electron chi connectivity index (χ1n) is 29.4. The van der Waals surface area contributed by atoms with E-state index in [1.54, 1.807) is 0 Å². The number of aryl methyl sites for hydroxylation is 2. The molecular weight excluding hydrogens is 1670 g/mol. The summed E-state index contributed by atoms with van der Waals surface area (Å²) in [5.41, 5.74) is -2.43. The molecule has 0 saturated carbocycles. The van der Waals surface area contributed by atoms with Gasteiger partial charge >= 0.3 is 0 Å². The van der Waals surface area contributed by atoms with E-state index in [1.807, 2.05) is 0 Å². The number of nitrogens with zero attached hydrogens (tertiary/aromatic N) is 11. The van der Waals surface area contributed by atoms with Crippen molar-refractivity contribution in [1.29, 1.82) is 0 Å². The number of nitrogens with two attached hydrogens (primary N) is 1. The van der Waals surface area contributed by atoms with E-state index in [0.717, 1.165) is 30.3 Å². The molecule has 0 spiro atoms. The lowest BCUT2D eigenvalue weighted by atomic mass is 10.0. The predicted molar refractivity (Wildman–Crippen MR) is 379 cm³/mol. The molecule has 0 atom stereocenters. The van der Waals surface area contributed by atoms with Gasteiger partial charge in [-0.2, -0.15) is 86.0 Å². The van der Waals surface area contributed by atoms with Gasteiger partial charge in [-0.05, 0) is 105 Å². The fourth-order valence-corrected chi connectivity index (χ4v) is 15.8. The van der Waals surface area contributed by atoms with Crippen LogP contribution in [-0.2, 0) is 91.1 Å². The third-order valence-electron chi connectivity index (χ3n) is 15.1. The van der Waals surface area contributed by atoms with E-state index in [1.165, 1.54) is 26.0 Å².